The molecule has 1 saturated heterocycles. The molecular formula is C16H23N3O2S. The van der Waals surface area contributed by atoms with E-state index in [2.05, 4.69) is 10.3 Å². The Balaban J connectivity index is 1.75. The second kappa shape index (κ2) is 6.40. The monoisotopic (exact) mass is 324 g/mol. The van der Waals surface area contributed by atoms with Crippen LogP contribution in [-0.2, 0) is 22.2 Å². The summed E-state index contributed by atoms with van der Waals surface area (Å²) in [6, 6.07) is 5.60. The number of rotatable bonds is 6. The smallest absolute Gasteiger partial charge is 0.218 e. The van der Waals surface area contributed by atoms with E-state index in [-0.39, 0.29) is 5.75 Å². The number of hydrogen-bond acceptors (Lipinski definition) is 3. The van der Waals surface area contributed by atoms with Crippen LogP contribution in [0.2, 0.25) is 0 Å². The minimum Gasteiger partial charge on any atom is -0.361 e. The largest absolute Gasteiger partial charge is 0.361 e. The van der Waals surface area contributed by atoms with Crippen molar-refractivity contribution in [2.24, 2.45) is 0 Å². The van der Waals surface area contributed by atoms with Crippen LogP contribution < -0.4 is 5.32 Å². The Kier molecular flexibility index (Phi) is 3.52. The number of H-pyrrole nitrogens is 1. The molecule has 2 N–H and O–H groups in total. The van der Waals surface area contributed by atoms with E-state index in [1.165, 1.54) is 0 Å². The van der Waals surface area contributed by atoms with Gasteiger partial charge in [-0.1, -0.05) is 6.07 Å². The molecule has 0 amide bonds. The lowest BCUT2D eigenvalue weighted by molar-refractivity contribution is 0.476. The molecule has 6 heteroatoms. The summed E-state index contributed by atoms with van der Waals surface area (Å²) in [5.74, 6) is 0.00107. The molecule has 0 radical (unpaired) electrons. The van der Waals surface area contributed by atoms with Gasteiger partial charge < -0.3 is 10.3 Å². The molecule has 0 spiro atoms. The third kappa shape index (κ3) is 3.19. The van der Waals surface area contributed by atoms with E-state index in [1.807, 2.05) is 24.4 Å². The van der Waals surface area contributed by atoms with E-state index in [4.69, 9.17) is 4.11 Å². The van der Waals surface area contributed by atoms with E-state index >= 15 is 0 Å². The van der Waals surface area contributed by atoms with Gasteiger partial charge in [-0.05, 0) is 56.0 Å². The van der Waals surface area contributed by atoms with Gasteiger partial charge >= 0.3 is 0 Å². The van der Waals surface area contributed by atoms with Crippen LogP contribution in [0.1, 0.15) is 28.1 Å². The van der Waals surface area contributed by atoms with E-state index in [0.717, 1.165) is 34.9 Å². The zero-order valence-electron chi connectivity index (χ0n) is 15.4. The van der Waals surface area contributed by atoms with Crippen LogP contribution in [0.4, 0.5) is 0 Å². The van der Waals surface area contributed by atoms with Gasteiger partial charge in [0.05, 0.1) is 5.75 Å². The van der Waals surface area contributed by atoms with Crippen LogP contribution in [0, 0.1) is 0 Å². The molecule has 5 nitrogen and oxygen atoms in total. The van der Waals surface area contributed by atoms with Gasteiger partial charge in [-0.3, -0.25) is 0 Å². The number of hydrogen-bond donors (Lipinski definition) is 2. The summed E-state index contributed by atoms with van der Waals surface area (Å²) in [5, 5.41) is 3.44. The summed E-state index contributed by atoms with van der Waals surface area (Å²) < 4.78 is 48.1. The second-order valence-electron chi connectivity index (χ2n) is 5.73. The zero-order chi connectivity index (χ0) is 18.1. The fourth-order valence-corrected chi connectivity index (χ4v) is 4.59. The third-order valence-corrected chi connectivity index (χ3v) is 6.01. The van der Waals surface area contributed by atoms with Crippen molar-refractivity contribution in [3.8, 4) is 0 Å². The second-order valence-corrected chi connectivity index (χ2v) is 7.70. The van der Waals surface area contributed by atoms with Crippen LogP contribution in [0.25, 0.3) is 10.9 Å². The van der Waals surface area contributed by atoms with Crippen LogP contribution in [-0.4, -0.2) is 44.3 Å². The normalized spacial score (nSPS) is 19.2. The summed E-state index contributed by atoms with van der Waals surface area (Å²) in [4.78, 5) is 3.15. The molecule has 0 atom stereocenters. The number of nitrogens with zero attached hydrogens (tertiary/aromatic N) is 1. The van der Waals surface area contributed by atoms with Crippen molar-refractivity contribution < 1.29 is 12.5 Å². The molecule has 1 aliphatic rings. The number of aromatic amines is 1. The van der Waals surface area contributed by atoms with Crippen LogP contribution >= 0.6 is 0 Å². The molecule has 2 heterocycles. The minimum absolute atomic E-state index is 0.00107. The Morgan fingerprint density at radius 3 is 2.95 bits per heavy atom. The van der Waals surface area contributed by atoms with Gasteiger partial charge in [-0.15, -0.1) is 0 Å². The van der Waals surface area contributed by atoms with Gasteiger partial charge in [-0.25, -0.2) is 12.7 Å². The van der Waals surface area contributed by atoms with Gasteiger partial charge in [0.1, 0.15) is 0 Å². The average Bonchev–Trinajstić information content (AvgIpc) is 3.16. The Hall–Kier alpha value is -1.37. The highest BCUT2D eigenvalue weighted by molar-refractivity contribution is 7.88. The average molecular weight is 324 g/mol. The Labute approximate surface area is 136 Å². The quantitative estimate of drug-likeness (QED) is 0.852. The highest BCUT2D eigenvalue weighted by Gasteiger charge is 2.25. The summed E-state index contributed by atoms with van der Waals surface area (Å²) in [6.07, 6.45) is 4.26. The molecule has 0 unspecified atom stereocenters. The van der Waals surface area contributed by atoms with Crippen molar-refractivity contribution >= 4 is 20.9 Å². The minimum atomic E-state index is -3.28. The SMILES string of the molecule is [2H]C([2H])([2H])NCCc1c[nH]c2ccc(CS(=O)(=O)N3CCCC3)cc12. The Morgan fingerprint density at radius 1 is 1.36 bits per heavy atom. The maximum Gasteiger partial charge on any atom is 0.218 e. The number of fused-ring (bicyclic) bond motifs is 1. The van der Waals surface area contributed by atoms with Gasteiger partial charge in [0.15, 0.2) is 0 Å². The van der Waals surface area contributed by atoms with Gasteiger partial charge in [0.2, 0.25) is 10.0 Å². The highest BCUT2D eigenvalue weighted by Crippen LogP contribution is 2.23. The lowest BCUT2D eigenvalue weighted by Crippen LogP contribution is -2.29. The number of nitrogens with one attached hydrogen (secondary N) is 2. The lowest BCUT2D eigenvalue weighted by Gasteiger charge is -2.15. The highest BCUT2D eigenvalue weighted by atomic mass is 32.2. The molecule has 120 valence electrons. The van der Waals surface area contributed by atoms with E-state index in [9.17, 15) is 8.42 Å². The molecular weight excluding hydrogens is 298 g/mol. The molecule has 2 aromatic rings. The van der Waals surface area contributed by atoms with Gasteiger partial charge in [-0.2, -0.15) is 0 Å². The molecule has 22 heavy (non-hydrogen) atoms. The van der Waals surface area contributed by atoms with Crippen LogP contribution in [0.3, 0.4) is 0 Å². The van der Waals surface area contributed by atoms with Crippen molar-refractivity contribution in [3.05, 3.63) is 35.5 Å². The first-order valence-corrected chi connectivity index (χ1v) is 9.17. The van der Waals surface area contributed by atoms with Crippen LogP contribution in [0.15, 0.2) is 24.4 Å². The van der Waals surface area contributed by atoms with Gasteiger partial charge in [0, 0.05) is 34.3 Å². The molecule has 1 aromatic heterocycles. The van der Waals surface area contributed by atoms with Crippen molar-refractivity contribution in [1.29, 1.82) is 0 Å². The van der Waals surface area contributed by atoms with Crippen molar-refractivity contribution in [2.45, 2.75) is 25.0 Å². The Morgan fingerprint density at radius 2 is 2.18 bits per heavy atom. The number of aromatic nitrogens is 1. The number of likely N-dealkylation sites (N-methyl/N-ethyl adjacent to an activating group) is 1. The fourth-order valence-electron chi connectivity index (χ4n) is 2.99. The summed E-state index contributed by atoms with van der Waals surface area (Å²) >= 11 is 0. The maximum atomic E-state index is 12.5. The first kappa shape index (κ1) is 12.1. The maximum absolute atomic E-state index is 12.5. The molecule has 0 saturated carbocycles. The summed E-state index contributed by atoms with van der Waals surface area (Å²) in [6.45, 7) is -0.595. The van der Waals surface area contributed by atoms with Gasteiger partial charge in [0.25, 0.3) is 0 Å². The number of benzene rings is 1. The summed E-state index contributed by atoms with van der Waals surface area (Å²) in [5.41, 5.74) is 2.66. The zero-order valence-corrected chi connectivity index (χ0v) is 13.2. The fraction of sp³-hybridized carbons (Fsp3) is 0.500. The molecule has 1 aromatic carbocycles. The standard InChI is InChI=1S/C16H23N3O2S/c1-17-7-6-14-11-18-16-5-4-13(10-15(14)16)12-22(20,21)19-8-2-3-9-19/h4-5,10-11,17-18H,2-3,6-9,12H2,1H3/i1D3. The van der Waals surface area contributed by atoms with Crippen molar-refractivity contribution in [2.75, 3.05) is 26.6 Å². The third-order valence-electron chi connectivity index (χ3n) is 4.16. The van der Waals surface area contributed by atoms with E-state index in [0.29, 0.717) is 26.1 Å². The molecule has 1 fully saturated rings. The van der Waals surface area contributed by atoms with E-state index < -0.39 is 17.0 Å². The first-order chi connectivity index (χ1) is 11.7. The lowest BCUT2D eigenvalue weighted by atomic mass is 10.1. The first-order valence-electron chi connectivity index (χ1n) is 9.06. The Bertz CT molecular complexity index is 840. The van der Waals surface area contributed by atoms with Crippen molar-refractivity contribution in [3.63, 3.8) is 0 Å². The van der Waals surface area contributed by atoms with E-state index in [1.54, 1.807) is 4.31 Å². The number of sulfonamides is 1. The molecule has 3 rings (SSSR count). The molecule has 0 bridgehead atoms. The predicted molar refractivity (Wildman–Crippen MR) is 89.4 cm³/mol. The van der Waals surface area contributed by atoms with Crippen molar-refractivity contribution in [1.82, 2.24) is 14.6 Å². The predicted octanol–water partition coefficient (Wildman–Crippen LogP) is 1.86. The molecule has 0 aliphatic carbocycles. The summed E-state index contributed by atoms with van der Waals surface area (Å²) in [7, 11) is -3.28. The molecule has 1 aliphatic heterocycles. The topological polar surface area (TPSA) is 65.2 Å². The van der Waals surface area contributed by atoms with Crippen LogP contribution in [0.5, 0.6) is 0 Å².